The summed E-state index contributed by atoms with van der Waals surface area (Å²) >= 11 is 0. The summed E-state index contributed by atoms with van der Waals surface area (Å²) in [5, 5.41) is 9.17. The van der Waals surface area contributed by atoms with Gasteiger partial charge in [-0.25, -0.2) is 0 Å². The number of likely N-dealkylation sites (N-methyl/N-ethyl adjacent to an activating group) is 1. The van der Waals surface area contributed by atoms with E-state index in [1.165, 1.54) is 5.56 Å². The van der Waals surface area contributed by atoms with Gasteiger partial charge >= 0.3 is 5.97 Å². The SMILES string of the molecule is CC(CN(CCN(C)C)c1ccc(C(C)(C)C)cc1)C(=O)O. The second kappa shape index (κ2) is 7.63. The van der Waals surface area contributed by atoms with Gasteiger partial charge in [0.2, 0.25) is 0 Å². The Labute approximate surface area is 134 Å². The topological polar surface area (TPSA) is 43.8 Å². The molecule has 1 atom stereocenters. The number of hydrogen-bond acceptors (Lipinski definition) is 3. The predicted molar refractivity (Wildman–Crippen MR) is 92.7 cm³/mol. The Morgan fingerprint density at radius 1 is 1.14 bits per heavy atom. The molecular weight excluding hydrogens is 276 g/mol. The molecule has 1 aromatic carbocycles. The third-order valence-corrected chi connectivity index (χ3v) is 3.83. The molecule has 0 aromatic heterocycles. The van der Waals surface area contributed by atoms with Gasteiger partial charge in [0.1, 0.15) is 0 Å². The molecule has 22 heavy (non-hydrogen) atoms. The molecule has 0 spiro atoms. The largest absolute Gasteiger partial charge is 0.481 e. The van der Waals surface area contributed by atoms with E-state index in [9.17, 15) is 4.79 Å². The van der Waals surface area contributed by atoms with Crippen molar-refractivity contribution in [1.29, 1.82) is 0 Å². The quantitative estimate of drug-likeness (QED) is 0.841. The molecule has 1 aromatic rings. The number of carboxylic acid groups (broad SMARTS) is 1. The maximum Gasteiger partial charge on any atom is 0.308 e. The Morgan fingerprint density at radius 2 is 1.68 bits per heavy atom. The summed E-state index contributed by atoms with van der Waals surface area (Å²) in [6, 6.07) is 8.49. The van der Waals surface area contributed by atoms with E-state index in [0.717, 1.165) is 18.8 Å². The molecule has 0 radical (unpaired) electrons. The lowest BCUT2D eigenvalue weighted by Gasteiger charge is -2.29. The molecule has 4 nitrogen and oxygen atoms in total. The third kappa shape index (κ3) is 5.68. The van der Waals surface area contributed by atoms with E-state index in [4.69, 9.17) is 5.11 Å². The molecule has 0 saturated carbocycles. The Bertz CT molecular complexity index is 475. The minimum absolute atomic E-state index is 0.126. The zero-order valence-electron chi connectivity index (χ0n) is 14.8. The van der Waals surface area contributed by atoms with Gasteiger partial charge in [0, 0.05) is 25.3 Å². The number of carbonyl (C=O) groups is 1. The fourth-order valence-corrected chi connectivity index (χ4v) is 2.23. The number of aliphatic carboxylic acids is 1. The van der Waals surface area contributed by atoms with Crippen LogP contribution in [0.15, 0.2) is 24.3 Å². The molecule has 1 rings (SSSR count). The standard InChI is InChI=1S/C18H30N2O2/c1-14(17(21)22)13-20(12-11-19(5)6)16-9-7-15(8-10-16)18(2,3)4/h7-10,14H,11-13H2,1-6H3,(H,21,22). The van der Waals surface area contributed by atoms with Crippen LogP contribution in [0.25, 0.3) is 0 Å². The number of carboxylic acids is 1. The number of hydrogen-bond donors (Lipinski definition) is 1. The van der Waals surface area contributed by atoms with Gasteiger partial charge in [0.25, 0.3) is 0 Å². The van der Waals surface area contributed by atoms with Gasteiger partial charge in [-0.3, -0.25) is 4.79 Å². The molecule has 0 bridgehead atoms. The molecule has 0 aliphatic rings. The smallest absolute Gasteiger partial charge is 0.308 e. The van der Waals surface area contributed by atoms with Crippen molar-refractivity contribution in [2.24, 2.45) is 5.92 Å². The minimum atomic E-state index is -0.749. The first-order valence-corrected chi connectivity index (χ1v) is 7.84. The lowest BCUT2D eigenvalue weighted by molar-refractivity contribution is -0.140. The van der Waals surface area contributed by atoms with E-state index in [2.05, 4.69) is 54.8 Å². The molecular formula is C18H30N2O2. The summed E-state index contributed by atoms with van der Waals surface area (Å²) in [5.41, 5.74) is 2.50. The van der Waals surface area contributed by atoms with E-state index >= 15 is 0 Å². The molecule has 0 amide bonds. The van der Waals surface area contributed by atoms with Gasteiger partial charge in [0.05, 0.1) is 5.92 Å². The van der Waals surface area contributed by atoms with Crippen molar-refractivity contribution in [1.82, 2.24) is 4.90 Å². The number of anilines is 1. The monoisotopic (exact) mass is 306 g/mol. The lowest BCUT2D eigenvalue weighted by atomic mass is 9.87. The number of nitrogens with zero attached hydrogens (tertiary/aromatic N) is 2. The summed E-state index contributed by atoms with van der Waals surface area (Å²) in [7, 11) is 4.06. The maximum atomic E-state index is 11.2. The maximum absolute atomic E-state index is 11.2. The highest BCUT2D eigenvalue weighted by Crippen LogP contribution is 2.25. The van der Waals surface area contributed by atoms with Crippen molar-refractivity contribution in [3.63, 3.8) is 0 Å². The fourth-order valence-electron chi connectivity index (χ4n) is 2.23. The normalized spacial score (nSPS) is 13.2. The Balaban J connectivity index is 2.92. The van der Waals surface area contributed by atoms with E-state index in [-0.39, 0.29) is 11.3 Å². The van der Waals surface area contributed by atoms with Crippen LogP contribution >= 0.6 is 0 Å². The first-order valence-electron chi connectivity index (χ1n) is 7.84. The summed E-state index contributed by atoms with van der Waals surface area (Å²) in [6.45, 7) is 10.6. The van der Waals surface area contributed by atoms with Crippen LogP contribution in [0.3, 0.4) is 0 Å². The van der Waals surface area contributed by atoms with Gasteiger partial charge in [-0.1, -0.05) is 39.8 Å². The molecule has 0 aliphatic carbocycles. The Morgan fingerprint density at radius 3 is 2.09 bits per heavy atom. The molecule has 0 aliphatic heterocycles. The summed E-state index contributed by atoms with van der Waals surface area (Å²) in [4.78, 5) is 15.4. The summed E-state index contributed by atoms with van der Waals surface area (Å²) in [6.07, 6.45) is 0. The molecule has 0 fully saturated rings. The van der Waals surface area contributed by atoms with Gasteiger partial charge in [-0.05, 0) is 37.2 Å². The molecule has 1 unspecified atom stereocenters. The third-order valence-electron chi connectivity index (χ3n) is 3.83. The van der Waals surface area contributed by atoms with Gasteiger partial charge in [-0.2, -0.15) is 0 Å². The van der Waals surface area contributed by atoms with Gasteiger partial charge in [0.15, 0.2) is 0 Å². The van der Waals surface area contributed by atoms with Crippen LogP contribution in [-0.2, 0) is 10.2 Å². The van der Waals surface area contributed by atoms with Gasteiger partial charge in [-0.15, -0.1) is 0 Å². The van der Waals surface area contributed by atoms with E-state index in [1.807, 2.05) is 14.1 Å². The van der Waals surface area contributed by atoms with E-state index < -0.39 is 5.97 Å². The van der Waals surface area contributed by atoms with Gasteiger partial charge < -0.3 is 14.9 Å². The van der Waals surface area contributed by atoms with Crippen LogP contribution in [0.5, 0.6) is 0 Å². The van der Waals surface area contributed by atoms with Crippen molar-refractivity contribution in [2.75, 3.05) is 38.6 Å². The number of rotatable bonds is 7. The minimum Gasteiger partial charge on any atom is -0.481 e. The molecule has 0 saturated heterocycles. The second-order valence-corrected chi connectivity index (χ2v) is 7.29. The summed E-state index contributed by atoms with van der Waals surface area (Å²) in [5.74, 6) is -1.13. The first-order chi connectivity index (χ1) is 10.1. The molecule has 1 N–H and O–H groups in total. The van der Waals surface area contributed by atoms with Crippen molar-refractivity contribution in [3.05, 3.63) is 29.8 Å². The first kappa shape index (κ1) is 18.5. The van der Waals surface area contributed by atoms with Crippen molar-refractivity contribution in [3.8, 4) is 0 Å². The van der Waals surface area contributed by atoms with Crippen LogP contribution in [0.1, 0.15) is 33.3 Å². The van der Waals surface area contributed by atoms with Crippen molar-refractivity contribution < 1.29 is 9.90 Å². The zero-order chi connectivity index (χ0) is 16.9. The highest BCUT2D eigenvalue weighted by molar-refractivity contribution is 5.70. The number of benzene rings is 1. The van der Waals surface area contributed by atoms with Crippen LogP contribution < -0.4 is 4.90 Å². The second-order valence-electron chi connectivity index (χ2n) is 7.29. The van der Waals surface area contributed by atoms with Crippen LogP contribution in [-0.4, -0.2) is 49.7 Å². The Hall–Kier alpha value is -1.55. The molecule has 124 valence electrons. The average Bonchev–Trinajstić information content (AvgIpc) is 2.42. The predicted octanol–water partition coefficient (Wildman–Crippen LogP) is 3.07. The highest BCUT2D eigenvalue weighted by atomic mass is 16.4. The Kier molecular flexibility index (Phi) is 6.42. The molecule has 4 heteroatoms. The lowest BCUT2D eigenvalue weighted by Crippen LogP contribution is -2.36. The van der Waals surface area contributed by atoms with Crippen LogP contribution in [0, 0.1) is 5.92 Å². The fraction of sp³-hybridized carbons (Fsp3) is 0.611. The van der Waals surface area contributed by atoms with E-state index in [0.29, 0.717) is 6.54 Å². The van der Waals surface area contributed by atoms with Crippen molar-refractivity contribution in [2.45, 2.75) is 33.1 Å². The average molecular weight is 306 g/mol. The summed E-state index contributed by atoms with van der Waals surface area (Å²) < 4.78 is 0. The van der Waals surface area contributed by atoms with E-state index in [1.54, 1.807) is 6.92 Å². The van der Waals surface area contributed by atoms with Crippen LogP contribution in [0.4, 0.5) is 5.69 Å². The highest BCUT2D eigenvalue weighted by Gasteiger charge is 2.18. The van der Waals surface area contributed by atoms with Crippen LogP contribution in [0.2, 0.25) is 0 Å². The zero-order valence-corrected chi connectivity index (χ0v) is 14.8. The van der Waals surface area contributed by atoms with Crippen molar-refractivity contribution >= 4 is 11.7 Å². The molecule has 0 heterocycles.